The molecular formula is C18H16N2O4S2. The van der Waals surface area contributed by atoms with Crippen LogP contribution in [-0.2, 0) is 32.9 Å². The van der Waals surface area contributed by atoms with Gasteiger partial charge in [0.1, 0.15) is 21.4 Å². The molecule has 3 aromatic rings. The van der Waals surface area contributed by atoms with E-state index in [1.165, 1.54) is 0 Å². The Hall–Kier alpha value is -2.58. The highest BCUT2D eigenvalue weighted by Gasteiger charge is 2.07. The maximum atomic E-state index is 10.9. The highest BCUT2D eigenvalue weighted by molar-refractivity contribution is 7.71. The van der Waals surface area contributed by atoms with E-state index in [0.717, 1.165) is 11.1 Å². The lowest BCUT2D eigenvalue weighted by molar-refractivity contribution is 0.612. The van der Waals surface area contributed by atoms with Crippen LogP contribution in [0, 0.1) is 0 Å². The summed E-state index contributed by atoms with van der Waals surface area (Å²) in [5, 5.41) is 0. The molecule has 0 bridgehead atoms. The summed E-state index contributed by atoms with van der Waals surface area (Å²) < 4.78 is 43.7. The van der Waals surface area contributed by atoms with E-state index in [9.17, 15) is 16.8 Å². The van der Waals surface area contributed by atoms with Gasteiger partial charge in [-0.1, -0.05) is 36.4 Å². The number of hydrogen-bond acceptors (Lipinski definition) is 6. The Morgan fingerprint density at radius 1 is 0.731 bits per heavy atom. The van der Waals surface area contributed by atoms with Gasteiger partial charge < -0.3 is 0 Å². The van der Waals surface area contributed by atoms with Crippen LogP contribution in [0.15, 0.2) is 60.8 Å². The van der Waals surface area contributed by atoms with Gasteiger partial charge in [0.25, 0.3) is 0 Å². The van der Waals surface area contributed by atoms with Crippen LogP contribution in [-0.4, -0.2) is 26.8 Å². The van der Waals surface area contributed by atoms with Crippen molar-refractivity contribution in [3.05, 3.63) is 71.9 Å². The number of thiol groups is 2. The molecule has 0 unspecified atom stereocenters. The largest absolute Gasteiger partial charge is 0.237 e. The van der Waals surface area contributed by atoms with E-state index in [1.807, 2.05) is 12.1 Å². The maximum Gasteiger partial charge on any atom is 0.159 e. The van der Waals surface area contributed by atoms with Crippen LogP contribution < -0.4 is 0 Å². The van der Waals surface area contributed by atoms with E-state index in [2.05, 4.69) is 9.97 Å². The summed E-state index contributed by atoms with van der Waals surface area (Å²) in [5.41, 5.74) is 3.55. The van der Waals surface area contributed by atoms with Crippen LogP contribution >= 0.6 is 0 Å². The van der Waals surface area contributed by atoms with Crippen molar-refractivity contribution in [3.63, 3.8) is 0 Å². The van der Waals surface area contributed by atoms with Gasteiger partial charge in [-0.3, -0.25) is 0 Å². The maximum absolute atomic E-state index is 10.9. The minimum absolute atomic E-state index is 0.0173. The first kappa shape index (κ1) is 18.2. The average molecular weight is 388 g/mol. The highest BCUT2D eigenvalue weighted by Crippen LogP contribution is 2.22. The Bertz CT molecular complexity index is 993. The molecule has 0 radical (unpaired) electrons. The van der Waals surface area contributed by atoms with Crippen LogP contribution in [0.1, 0.15) is 11.1 Å². The molecule has 6 nitrogen and oxygen atoms in total. The minimum atomic E-state index is -2.50. The van der Waals surface area contributed by atoms with E-state index < -0.39 is 21.4 Å². The van der Waals surface area contributed by atoms with Gasteiger partial charge in [0, 0.05) is 17.3 Å². The highest BCUT2D eigenvalue weighted by atomic mass is 32.2. The summed E-state index contributed by atoms with van der Waals surface area (Å²) in [7, 11) is -5.00. The fourth-order valence-corrected chi connectivity index (χ4v) is 3.58. The van der Waals surface area contributed by atoms with Crippen LogP contribution in [0.25, 0.3) is 22.6 Å². The molecule has 0 amide bonds. The van der Waals surface area contributed by atoms with Crippen molar-refractivity contribution in [2.45, 2.75) is 11.5 Å². The van der Waals surface area contributed by atoms with Crippen molar-refractivity contribution in [1.29, 1.82) is 0 Å². The second-order valence-corrected chi connectivity index (χ2v) is 7.61. The molecule has 0 aliphatic heterocycles. The first-order valence-electron chi connectivity index (χ1n) is 7.76. The van der Waals surface area contributed by atoms with Crippen molar-refractivity contribution in [3.8, 4) is 22.6 Å². The Balaban J connectivity index is 1.96. The smallest absolute Gasteiger partial charge is 0.159 e. The van der Waals surface area contributed by atoms with Crippen molar-refractivity contribution >= 4 is 21.4 Å². The summed E-state index contributed by atoms with van der Waals surface area (Å²) >= 11 is 0. The third-order valence-electron chi connectivity index (χ3n) is 3.69. The molecule has 2 aromatic carbocycles. The first-order chi connectivity index (χ1) is 12.5. The zero-order valence-electron chi connectivity index (χ0n) is 13.6. The van der Waals surface area contributed by atoms with Crippen LogP contribution in [0.2, 0.25) is 0 Å². The van der Waals surface area contributed by atoms with Gasteiger partial charge in [0.15, 0.2) is 5.82 Å². The van der Waals surface area contributed by atoms with E-state index in [-0.39, 0.29) is 11.5 Å². The minimum Gasteiger partial charge on any atom is -0.237 e. The predicted molar refractivity (Wildman–Crippen MR) is 101 cm³/mol. The fraction of sp³-hybridized carbons (Fsp3) is 0.111. The lowest BCUT2D eigenvalue weighted by atomic mass is 10.1. The molecule has 0 aliphatic carbocycles. The summed E-state index contributed by atoms with van der Waals surface area (Å²) in [6.07, 6.45) is 1.62. The van der Waals surface area contributed by atoms with E-state index in [4.69, 9.17) is 0 Å². The predicted octanol–water partition coefficient (Wildman–Crippen LogP) is 2.03. The standard InChI is InChI=1S/C18H16N2O4S2/c21-25(22)11-13-3-1-5-15(9-13)17-7-8-19-18(20-17)16-6-2-4-14(10-16)12-26(23)24/h1-10,25-26H,11-12H2. The van der Waals surface area contributed by atoms with Gasteiger partial charge in [-0.2, -0.15) is 0 Å². The monoisotopic (exact) mass is 388 g/mol. The molecule has 8 heteroatoms. The van der Waals surface area contributed by atoms with Gasteiger partial charge >= 0.3 is 0 Å². The van der Waals surface area contributed by atoms with Crippen molar-refractivity contribution in [1.82, 2.24) is 9.97 Å². The summed E-state index contributed by atoms with van der Waals surface area (Å²) in [6, 6.07) is 16.0. The summed E-state index contributed by atoms with van der Waals surface area (Å²) in [5.74, 6) is 0.431. The molecule has 0 saturated carbocycles. The number of hydrogen-bond donors (Lipinski definition) is 2. The third kappa shape index (κ3) is 4.74. The molecule has 134 valence electrons. The molecule has 0 N–H and O–H groups in total. The van der Waals surface area contributed by atoms with Gasteiger partial charge in [-0.15, -0.1) is 0 Å². The summed E-state index contributed by atoms with van der Waals surface area (Å²) in [4.78, 5) is 8.81. The molecule has 0 spiro atoms. The Kier molecular flexibility index (Phi) is 5.75. The lowest BCUT2D eigenvalue weighted by Gasteiger charge is -2.06. The quantitative estimate of drug-likeness (QED) is 0.628. The Morgan fingerprint density at radius 2 is 1.31 bits per heavy atom. The molecule has 0 fully saturated rings. The summed E-state index contributed by atoms with van der Waals surface area (Å²) in [6.45, 7) is 0. The first-order valence-corrected chi connectivity index (χ1v) is 10.5. The molecular weight excluding hydrogens is 372 g/mol. The number of aromatic nitrogens is 2. The van der Waals surface area contributed by atoms with Gasteiger partial charge in [0.05, 0.1) is 17.2 Å². The van der Waals surface area contributed by atoms with Crippen molar-refractivity contribution in [2.24, 2.45) is 0 Å². The van der Waals surface area contributed by atoms with Crippen molar-refractivity contribution < 1.29 is 16.8 Å². The topological polar surface area (TPSA) is 94.1 Å². The molecule has 1 heterocycles. The normalized spacial score (nSPS) is 11.2. The SMILES string of the molecule is O=[SH](=O)Cc1cccc(-c2ccnc(-c3cccc(C[SH](=O)=O)c3)n2)c1. The van der Waals surface area contributed by atoms with Crippen LogP contribution in [0.3, 0.4) is 0 Å². The fourth-order valence-electron chi connectivity index (χ4n) is 2.59. The zero-order valence-corrected chi connectivity index (χ0v) is 15.4. The van der Waals surface area contributed by atoms with Crippen molar-refractivity contribution in [2.75, 3.05) is 0 Å². The van der Waals surface area contributed by atoms with E-state index in [1.54, 1.807) is 48.7 Å². The number of rotatable bonds is 6. The Morgan fingerprint density at radius 3 is 1.92 bits per heavy atom. The zero-order chi connectivity index (χ0) is 18.5. The molecule has 0 atom stereocenters. The molecule has 0 saturated heterocycles. The second kappa shape index (κ2) is 8.20. The Labute approximate surface area is 154 Å². The average Bonchev–Trinajstić information content (AvgIpc) is 2.61. The number of benzene rings is 2. The van der Waals surface area contributed by atoms with Crippen LogP contribution in [0.4, 0.5) is 0 Å². The lowest BCUT2D eigenvalue weighted by Crippen LogP contribution is -1.94. The number of nitrogens with zero attached hydrogens (tertiary/aromatic N) is 2. The van der Waals surface area contributed by atoms with Gasteiger partial charge in [-0.25, -0.2) is 26.8 Å². The molecule has 1 aromatic heterocycles. The van der Waals surface area contributed by atoms with Gasteiger partial charge in [0.2, 0.25) is 0 Å². The van der Waals surface area contributed by atoms with E-state index in [0.29, 0.717) is 22.6 Å². The van der Waals surface area contributed by atoms with Gasteiger partial charge in [-0.05, 0) is 29.3 Å². The second-order valence-electron chi connectivity index (χ2n) is 5.65. The third-order valence-corrected chi connectivity index (χ3v) is 4.93. The molecule has 26 heavy (non-hydrogen) atoms. The molecule has 3 rings (SSSR count). The van der Waals surface area contributed by atoms with E-state index >= 15 is 0 Å². The molecule has 0 aliphatic rings. The van der Waals surface area contributed by atoms with Crippen LogP contribution in [0.5, 0.6) is 0 Å².